The number of hydrogen-bond donors (Lipinski definition) is 2. The van der Waals surface area contributed by atoms with E-state index in [2.05, 4.69) is 5.32 Å². The average molecular weight is 464 g/mol. The zero-order chi connectivity index (χ0) is 25.1. The van der Waals surface area contributed by atoms with Crippen LogP contribution in [0.3, 0.4) is 0 Å². The Kier molecular flexibility index (Phi) is 7.48. The van der Waals surface area contributed by atoms with E-state index in [1.807, 2.05) is 0 Å². The number of carbonyl (C=O) groups excluding carboxylic acids is 5. The first-order valence-corrected chi connectivity index (χ1v) is 10.2. The molecule has 1 aliphatic heterocycles. The van der Waals surface area contributed by atoms with Crippen molar-refractivity contribution in [2.75, 3.05) is 0 Å². The Morgan fingerprint density at radius 2 is 1.64 bits per heavy atom. The SMILES string of the molecule is Cc1cc(C(O)(OC=O)N2C(=O)CCC2=O)cc(C)c1OC(=O)C(C)NC(=O)OC(C)(C)C. The first kappa shape index (κ1) is 25.8. The lowest BCUT2D eigenvalue weighted by molar-refractivity contribution is -0.263. The number of hydrogen-bond acceptors (Lipinski definition) is 9. The molecule has 180 valence electrons. The third-order valence-corrected chi connectivity index (χ3v) is 4.69. The number of carbonyl (C=O) groups is 5. The Hall–Kier alpha value is -3.47. The Morgan fingerprint density at radius 1 is 1.12 bits per heavy atom. The average Bonchev–Trinajstić information content (AvgIpc) is 3.01. The summed E-state index contributed by atoms with van der Waals surface area (Å²) < 4.78 is 15.3. The summed E-state index contributed by atoms with van der Waals surface area (Å²) in [5, 5.41) is 13.4. The zero-order valence-electron chi connectivity index (χ0n) is 19.4. The summed E-state index contributed by atoms with van der Waals surface area (Å²) in [5.74, 6) is -4.68. The van der Waals surface area contributed by atoms with Crippen LogP contribution in [0.5, 0.6) is 5.75 Å². The summed E-state index contributed by atoms with van der Waals surface area (Å²) in [6.45, 7) is 9.52. The van der Waals surface area contributed by atoms with Gasteiger partial charge < -0.3 is 24.6 Å². The van der Waals surface area contributed by atoms with Crippen molar-refractivity contribution < 1.29 is 43.3 Å². The molecule has 11 nitrogen and oxygen atoms in total. The minimum absolute atomic E-state index is 0.0680. The topological polar surface area (TPSA) is 149 Å². The Bertz CT molecular complexity index is 944. The van der Waals surface area contributed by atoms with Crippen LogP contribution in [0.2, 0.25) is 0 Å². The highest BCUT2D eigenvalue weighted by Crippen LogP contribution is 2.36. The molecule has 1 heterocycles. The van der Waals surface area contributed by atoms with Gasteiger partial charge >= 0.3 is 18.0 Å². The number of likely N-dealkylation sites (tertiary alicyclic amines) is 1. The van der Waals surface area contributed by atoms with Gasteiger partial charge in [-0.05, 0) is 64.8 Å². The molecule has 2 unspecified atom stereocenters. The number of esters is 1. The lowest BCUT2D eigenvalue weighted by Crippen LogP contribution is -2.51. The van der Waals surface area contributed by atoms with Crippen molar-refractivity contribution in [2.45, 2.75) is 71.9 Å². The molecular weight excluding hydrogens is 436 g/mol. The highest BCUT2D eigenvalue weighted by molar-refractivity contribution is 6.02. The zero-order valence-corrected chi connectivity index (χ0v) is 19.4. The van der Waals surface area contributed by atoms with E-state index >= 15 is 0 Å². The maximum absolute atomic E-state index is 12.5. The summed E-state index contributed by atoms with van der Waals surface area (Å²) in [6, 6.07) is 1.61. The second-order valence-corrected chi connectivity index (χ2v) is 8.67. The third-order valence-electron chi connectivity index (χ3n) is 4.69. The predicted octanol–water partition coefficient (Wildman–Crippen LogP) is 1.55. The summed E-state index contributed by atoms with van der Waals surface area (Å²) in [6.07, 6.45) is -1.04. The van der Waals surface area contributed by atoms with Gasteiger partial charge in [-0.25, -0.2) is 14.5 Å². The van der Waals surface area contributed by atoms with Gasteiger partial charge in [0.05, 0.1) is 0 Å². The normalized spacial score (nSPS) is 16.6. The first-order valence-electron chi connectivity index (χ1n) is 10.2. The van der Waals surface area contributed by atoms with Crippen molar-refractivity contribution in [2.24, 2.45) is 0 Å². The van der Waals surface area contributed by atoms with E-state index in [4.69, 9.17) is 14.2 Å². The molecular formula is C22H28N2O9. The van der Waals surface area contributed by atoms with Crippen LogP contribution in [0, 0.1) is 13.8 Å². The molecule has 0 spiro atoms. The molecule has 1 fully saturated rings. The van der Waals surface area contributed by atoms with Gasteiger partial charge in [0.1, 0.15) is 17.4 Å². The highest BCUT2D eigenvalue weighted by Gasteiger charge is 2.49. The molecule has 0 aromatic heterocycles. The molecule has 1 aromatic rings. The molecule has 33 heavy (non-hydrogen) atoms. The van der Waals surface area contributed by atoms with Crippen molar-refractivity contribution in [1.82, 2.24) is 10.2 Å². The number of alkyl carbamates (subject to hydrolysis) is 1. The fourth-order valence-corrected chi connectivity index (χ4v) is 3.26. The number of nitrogens with one attached hydrogen (secondary N) is 1. The molecule has 2 N–H and O–H groups in total. The van der Waals surface area contributed by atoms with Crippen LogP contribution in [0.4, 0.5) is 4.79 Å². The quantitative estimate of drug-likeness (QED) is 0.201. The van der Waals surface area contributed by atoms with Gasteiger partial charge in [0.25, 0.3) is 6.47 Å². The van der Waals surface area contributed by atoms with Gasteiger partial charge in [0.15, 0.2) is 0 Å². The maximum Gasteiger partial charge on any atom is 0.408 e. The van der Waals surface area contributed by atoms with Crippen molar-refractivity contribution in [3.8, 4) is 5.75 Å². The molecule has 0 radical (unpaired) electrons. The van der Waals surface area contributed by atoms with Crippen molar-refractivity contribution in [3.63, 3.8) is 0 Å². The monoisotopic (exact) mass is 464 g/mol. The van der Waals surface area contributed by atoms with E-state index in [-0.39, 0.29) is 30.6 Å². The number of nitrogens with zero attached hydrogens (tertiary/aromatic N) is 1. The summed E-state index contributed by atoms with van der Waals surface area (Å²) in [4.78, 5) is 60.2. The number of rotatable bonds is 7. The molecule has 3 amide bonds. The van der Waals surface area contributed by atoms with Gasteiger partial charge in [-0.15, -0.1) is 0 Å². The number of aliphatic hydroxyl groups is 1. The van der Waals surface area contributed by atoms with Crippen LogP contribution in [-0.4, -0.2) is 52.0 Å². The van der Waals surface area contributed by atoms with Gasteiger partial charge in [-0.2, -0.15) is 0 Å². The Balaban J connectivity index is 2.28. The van der Waals surface area contributed by atoms with Crippen LogP contribution < -0.4 is 10.1 Å². The van der Waals surface area contributed by atoms with E-state index in [9.17, 15) is 29.1 Å². The molecule has 2 rings (SSSR count). The standard InChI is InChI=1S/C22H28N2O9/c1-12-9-15(22(30,31-11-25)24-16(26)7-8-17(24)27)10-13(2)18(12)32-19(28)14(3)23-20(29)33-21(4,5)6/h9-11,14,30H,7-8H2,1-6H3,(H,23,29). The molecule has 1 saturated heterocycles. The second kappa shape index (κ2) is 9.57. The van der Waals surface area contributed by atoms with E-state index in [0.717, 1.165) is 0 Å². The molecule has 1 aliphatic rings. The number of benzene rings is 1. The molecule has 0 bridgehead atoms. The van der Waals surface area contributed by atoms with E-state index in [1.165, 1.54) is 19.1 Å². The van der Waals surface area contributed by atoms with Crippen molar-refractivity contribution in [1.29, 1.82) is 0 Å². The van der Waals surface area contributed by atoms with Crippen LogP contribution in [0.15, 0.2) is 12.1 Å². The van der Waals surface area contributed by atoms with Gasteiger partial charge in [0.2, 0.25) is 11.8 Å². The number of aryl methyl sites for hydroxylation is 2. The van der Waals surface area contributed by atoms with Crippen molar-refractivity contribution >= 4 is 30.3 Å². The third kappa shape index (κ3) is 5.86. The molecule has 2 atom stereocenters. The number of amides is 3. The minimum atomic E-state index is -2.64. The van der Waals surface area contributed by atoms with Crippen LogP contribution in [0.25, 0.3) is 0 Å². The number of imide groups is 1. The minimum Gasteiger partial charge on any atom is -0.444 e. The lowest BCUT2D eigenvalue weighted by atomic mass is 10.0. The second-order valence-electron chi connectivity index (χ2n) is 8.67. The van der Waals surface area contributed by atoms with Gasteiger partial charge in [-0.1, -0.05) is 0 Å². The first-order chi connectivity index (χ1) is 15.2. The van der Waals surface area contributed by atoms with Gasteiger partial charge in [-0.3, -0.25) is 14.4 Å². The van der Waals surface area contributed by atoms with E-state index < -0.39 is 41.4 Å². The Morgan fingerprint density at radius 3 is 2.09 bits per heavy atom. The summed E-state index contributed by atoms with van der Waals surface area (Å²) in [7, 11) is 0. The van der Waals surface area contributed by atoms with Crippen LogP contribution in [0.1, 0.15) is 57.2 Å². The molecule has 1 aromatic carbocycles. The van der Waals surface area contributed by atoms with E-state index in [0.29, 0.717) is 16.0 Å². The van der Waals surface area contributed by atoms with Crippen molar-refractivity contribution in [3.05, 3.63) is 28.8 Å². The van der Waals surface area contributed by atoms with Crippen LogP contribution >= 0.6 is 0 Å². The van der Waals surface area contributed by atoms with Gasteiger partial charge in [0, 0.05) is 18.4 Å². The smallest absolute Gasteiger partial charge is 0.408 e. The molecule has 0 saturated carbocycles. The Labute approximate surface area is 191 Å². The van der Waals surface area contributed by atoms with Crippen LogP contribution in [-0.2, 0) is 34.6 Å². The highest BCUT2D eigenvalue weighted by atomic mass is 16.7. The number of ether oxygens (including phenoxy) is 3. The fraction of sp³-hybridized carbons (Fsp3) is 0.500. The summed E-state index contributed by atoms with van der Waals surface area (Å²) >= 11 is 0. The summed E-state index contributed by atoms with van der Waals surface area (Å²) in [5.41, 5.74) is -0.132. The maximum atomic E-state index is 12.5. The molecule has 0 aliphatic carbocycles. The largest absolute Gasteiger partial charge is 0.444 e. The van der Waals surface area contributed by atoms with E-state index in [1.54, 1.807) is 34.6 Å². The predicted molar refractivity (Wildman–Crippen MR) is 113 cm³/mol. The fourth-order valence-electron chi connectivity index (χ4n) is 3.26. The molecule has 11 heteroatoms. The lowest BCUT2D eigenvalue weighted by Gasteiger charge is -2.33.